The van der Waals surface area contributed by atoms with Gasteiger partial charge in [-0.15, -0.1) is 0 Å². The molecule has 0 radical (unpaired) electrons. The van der Waals surface area contributed by atoms with Gasteiger partial charge < -0.3 is 9.84 Å². The van der Waals surface area contributed by atoms with E-state index in [4.69, 9.17) is 4.74 Å². The number of halogens is 2. The molecule has 4 aromatic rings. The zero-order valence-corrected chi connectivity index (χ0v) is 16.5. The van der Waals surface area contributed by atoms with Gasteiger partial charge in [0.25, 0.3) is 5.56 Å². The van der Waals surface area contributed by atoms with Gasteiger partial charge in [-0.25, -0.2) is 13.5 Å². The summed E-state index contributed by atoms with van der Waals surface area (Å²) in [6, 6.07) is 19.1. The third-order valence-electron chi connectivity index (χ3n) is 4.89. The molecule has 0 saturated carbocycles. The first kappa shape index (κ1) is 20.8. The Bertz CT molecular complexity index is 1260. The molecule has 0 aliphatic rings. The molecule has 7 heteroatoms. The number of hydrogen-bond donors (Lipinski definition) is 1. The van der Waals surface area contributed by atoms with E-state index < -0.39 is 6.10 Å². The van der Waals surface area contributed by atoms with Crippen LogP contribution in [-0.4, -0.2) is 27.6 Å². The smallest absolute Gasteiger partial charge is 0.274 e. The van der Waals surface area contributed by atoms with Crippen LogP contribution in [0.5, 0.6) is 0 Å². The predicted molar refractivity (Wildman–Crippen MR) is 113 cm³/mol. The molecule has 3 aromatic carbocycles. The lowest BCUT2D eigenvalue weighted by Crippen LogP contribution is -2.31. The van der Waals surface area contributed by atoms with E-state index in [9.17, 15) is 18.7 Å². The summed E-state index contributed by atoms with van der Waals surface area (Å²) >= 11 is 0. The second-order valence-corrected chi connectivity index (χ2v) is 7.15. The van der Waals surface area contributed by atoms with E-state index in [1.54, 1.807) is 54.6 Å². The Balaban J connectivity index is 1.57. The number of nitrogens with zero attached hydrogens (tertiary/aromatic N) is 2. The van der Waals surface area contributed by atoms with Gasteiger partial charge in [0.05, 0.1) is 36.9 Å². The molecule has 1 heterocycles. The van der Waals surface area contributed by atoms with Gasteiger partial charge in [-0.3, -0.25) is 4.79 Å². The summed E-state index contributed by atoms with van der Waals surface area (Å²) < 4.78 is 33.6. The average Bonchev–Trinajstić information content (AvgIpc) is 2.78. The number of benzene rings is 3. The predicted octanol–water partition coefficient (Wildman–Crippen LogP) is 3.92. The number of aromatic nitrogens is 2. The highest BCUT2D eigenvalue weighted by Gasteiger charge is 2.15. The first-order valence-electron chi connectivity index (χ1n) is 9.78. The summed E-state index contributed by atoms with van der Waals surface area (Å²) in [5, 5.41) is 15.9. The highest BCUT2D eigenvalue weighted by atomic mass is 19.1. The maximum atomic E-state index is 13.7. The van der Waals surface area contributed by atoms with Crippen LogP contribution in [0.3, 0.4) is 0 Å². The van der Waals surface area contributed by atoms with Crippen molar-refractivity contribution in [2.75, 3.05) is 6.61 Å². The molecular weight excluding hydrogens is 402 g/mol. The quantitative estimate of drug-likeness (QED) is 0.490. The van der Waals surface area contributed by atoms with Crippen LogP contribution in [0.4, 0.5) is 8.78 Å². The largest absolute Gasteiger partial charge is 0.389 e. The summed E-state index contributed by atoms with van der Waals surface area (Å²) in [6.07, 6.45) is -1.03. The number of rotatable bonds is 7. The van der Waals surface area contributed by atoms with Crippen molar-refractivity contribution in [3.63, 3.8) is 0 Å². The molecule has 1 unspecified atom stereocenters. The number of ether oxygens (including phenoxy) is 1. The second kappa shape index (κ2) is 9.16. The summed E-state index contributed by atoms with van der Waals surface area (Å²) in [5.74, 6) is -0.753. The summed E-state index contributed by atoms with van der Waals surface area (Å²) in [5.41, 5.74) is 1.19. The van der Waals surface area contributed by atoms with Crippen LogP contribution >= 0.6 is 0 Å². The average molecular weight is 422 g/mol. The molecule has 0 fully saturated rings. The number of aliphatic hydroxyl groups is 1. The molecule has 1 aromatic heterocycles. The van der Waals surface area contributed by atoms with E-state index in [0.717, 1.165) is 0 Å². The Hall–Kier alpha value is -3.42. The molecule has 0 aliphatic heterocycles. The SMILES string of the molecule is O=c1c2ccccc2c(-c2ccc(F)cc2)nn1CC(O)COCc1ccccc1F. The molecular formula is C24H20F2N2O3. The lowest BCUT2D eigenvalue weighted by atomic mass is 10.1. The van der Waals surface area contributed by atoms with Crippen molar-refractivity contribution in [1.29, 1.82) is 0 Å². The molecule has 0 spiro atoms. The molecule has 0 amide bonds. The number of hydrogen-bond acceptors (Lipinski definition) is 4. The van der Waals surface area contributed by atoms with Gasteiger partial charge in [-0.2, -0.15) is 5.10 Å². The number of aliphatic hydroxyl groups excluding tert-OH is 1. The highest BCUT2D eigenvalue weighted by molar-refractivity contribution is 5.93. The monoisotopic (exact) mass is 422 g/mol. The molecule has 0 saturated heterocycles. The van der Waals surface area contributed by atoms with Crippen molar-refractivity contribution in [3.05, 3.63) is 100 Å². The second-order valence-electron chi connectivity index (χ2n) is 7.15. The fourth-order valence-corrected chi connectivity index (χ4v) is 3.35. The van der Waals surface area contributed by atoms with E-state index in [1.165, 1.54) is 22.9 Å². The number of fused-ring (bicyclic) bond motifs is 1. The van der Waals surface area contributed by atoms with Gasteiger partial charge in [0.1, 0.15) is 11.6 Å². The third kappa shape index (κ3) is 4.68. The summed E-state index contributed by atoms with van der Waals surface area (Å²) in [4.78, 5) is 12.9. The molecule has 0 bridgehead atoms. The first-order chi connectivity index (χ1) is 15.0. The van der Waals surface area contributed by atoms with Crippen LogP contribution in [0.1, 0.15) is 5.56 Å². The maximum absolute atomic E-state index is 13.7. The van der Waals surface area contributed by atoms with E-state index >= 15 is 0 Å². The normalized spacial score (nSPS) is 12.2. The van der Waals surface area contributed by atoms with Crippen LogP contribution in [0.25, 0.3) is 22.0 Å². The van der Waals surface area contributed by atoms with Crippen molar-refractivity contribution in [2.45, 2.75) is 19.3 Å². The Labute approximate surface area is 177 Å². The van der Waals surface area contributed by atoms with E-state index in [1.807, 2.05) is 0 Å². The Kier molecular flexibility index (Phi) is 6.16. The van der Waals surface area contributed by atoms with Gasteiger partial charge in [0.15, 0.2) is 0 Å². The molecule has 1 N–H and O–H groups in total. The lowest BCUT2D eigenvalue weighted by molar-refractivity contribution is 0.0173. The van der Waals surface area contributed by atoms with Gasteiger partial charge in [-0.05, 0) is 36.4 Å². The Morgan fingerprint density at radius 3 is 2.35 bits per heavy atom. The van der Waals surface area contributed by atoms with Crippen LogP contribution in [0.15, 0.2) is 77.6 Å². The van der Waals surface area contributed by atoms with Crippen molar-refractivity contribution < 1.29 is 18.6 Å². The molecule has 158 valence electrons. The standard InChI is InChI=1S/C24H20F2N2O3/c25-18-11-9-16(10-12-18)23-20-6-2-3-7-21(20)24(30)28(27-23)13-19(29)15-31-14-17-5-1-4-8-22(17)26/h1-12,19,29H,13-15H2. The zero-order valence-electron chi connectivity index (χ0n) is 16.5. The van der Waals surface area contributed by atoms with Gasteiger partial charge in [-0.1, -0.05) is 36.4 Å². The first-order valence-corrected chi connectivity index (χ1v) is 9.78. The summed E-state index contributed by atoms with van der Waals surface area (Å²) in [6.45, 7) is -0.194. The van der Waals surface area contributed by atoms with Crippen LogP contribution < -0.4 is 5.56 Å². The minimum absolute atomic E-state index is 0.00457. The minimum atomic E-state index is -1.03. The molecule has 1 atom stereocenters. The van der Waals surface area contributed by atoms with E-state index in [2.05, 4.69) is 5.10 Å². The maximum Gasteiger partial charge on any atom is 0.274 e. The molecule has 4 rings (SSSR count). The Morgan fingerprint density at radius 2 is 1.61 bits per heavy atom. The minimum Gasteiger partial charge on any atom is -0.389 e. The van der Waals surface area contributed by atoms with Crippen LogP contribution in [-0.2, 0) is 17.9 Å². The Morgan fingerprint density at radius 1 is 0.935 bits per heavy atom. The van der Waals surface area contributed by atoms with Crippen molar-refractivity contribution in [2.24, 2.45) is 0 Å². The fraction of sp³-hybridized carbons (Fsp3) is 0.167. The highest BCUT2D eigenvalue weighted by Crippen LogP contribution is 2.24. The van der Waals surface area contributed by atoms with Crippen molar-refractivity contribution >= 4 is 10.8 Å². The van der Waals surface area contributed by atoms with Gasteiger partial charge in [0, 0.05) is 16.5 Å². The van der Waals surface area contributed by atoms with Crippen molar-refractivity contribution in [3.8, 4) is 11.3 Å². The van der Waals surface area contributed by atoms with Crippen molar-refractivity contribution in [1.82, 2.24) is 9.78 Å². The summed E-state index contributed by atoms with van der Waals surface area (Å²) in [7, 11) is 0. The molecule has 0 aliphatic carbocycles. The van der Waals surface area contributed by atoms with E-state index in [-0.39, 0.29) is 37.0 Å². The lowest BCUT2D eigenvalue weighted by Gasteiger charge is -2.15. The third-order valence-corrected chi connectivity index (χ3v) is 4.89. The topological polar surface area (TPSA) is 64.4 Å². The zero-order chi connectivity index (χ0) is 21.8. The van der Waals surface area contributed by atoms with Gasteiger partial charge in [0.2, 0.25) is 0 Å². The van der Waals surface area contributed by atoms with Crippen LogP contribution in [0.2, 0.25) is 0 Å². The molecule has 31 heavy (non-hydrogen) atoms. The van der Waals surface area contributed by atoms with Crippen LogP contribution in [0, 0.1) is 11.6 Å². The fourth-order valence-electron chi connectivity index (χ4n) is 3.35. The molecule has 5 nitrogen and oxygen atoms in total. The van der Waals surface area contributed by atoms with Gasteiger partial charge >= 0.3 is 0 Å². The van der Waals surface area contributed by atoms with E-state index in [0.29, 0.717) is 27.6 Å².